The molecule has 0 unspecified atom stereocenters. The number of aryl methyl sites for hydroxylation is 3. The molecule has 0 N–H and O–H groups in total. The second-order valence-electron chi connectivity index (χ2n) is 8.74. The van der Waals surface area contributed by atoms with Crippen LogP contribution < -0.4 is 5.63 Å². The van der Waals surface area contributed by atoms with Crippen LogP contribution in [-0.4, -0.2) is 28.8 Å². The molecule has 36 heavy (non-hydrogen) atoms. The quantitative estimate of drug-likeness (QED) is 0.275. The predicted molar refractivity (Wildman–Crippen MR) is 134 cm³/mol. The number of hydrogen-bond donors (Lipinski definition) is 0. The predicted octanol–water partition coefficient (Wildman–Crippen LogP) is 4.67. The smallest absolute Gasteiger partial charge is 0.338 e. The van der Waals surface area contributed by atoms with Gasteiger partial charge in [-0.25, -0.2) is 14.3 Å². The number of carbonyl (C=O) groups excluding carboxylic acids is 2. The van der Waals surface area contributed by atoms with Gasteiger partial charge in [0, 0.05) is 29.1 Å². The van der Waals surface area contributed by atoms with Crippen LogP contribution in [0.25, 0.3) is 16.7 Å². The van der Waals surface area contributed by atoms with Crippen LogP contribution in [0, 0.1) is 27.7 Å². The van der Waals surface area contributed by atoms with E-state index in [4.69, 9.17) is 13.9 Å². The number of benzene rings is 2. The summed E-state index contributed by atoms with van der Waals surface area (Å²) in [7, 11) is 1.37. The Balaban J connectivity index is 1.50. The van der Waals surface area contributed by atoms with Gasteiger partial charge in [0.1, 0.15) is 12.2 Å². The molecule has 186 valence electrons. The fraction of sp³-hybridized carbons (Fsp3) is 0.286. The first-order valence-corrected chi connectivity index (χ1v) is 11.6. The first-order chi connectivity index (χ1) is 17.2. The van der Waals surface area contributed by atoms with Crippen LogP contribution in [0.3, 0.4) is 0 Å². The van der Waals surface area contributed by atoms with Crippen molar-refractivity contribution in [2.75, 3.05) is 7.11 Å². The average molecular weight is 489 g/mol. The SMILES string of the molecule is COC(=O)CCc1c(C)nn(-c2ccc(C(=O)OCc3cc(=O)oc4c(C)c(C)ccc34)cc2)c1C. The Morgan fingerprint density at radius 3 is 2.44 bits per heavy atom. The van der Waals surface area contributed by atoms with Crippen molar-refractivity contribution in [1.82, 2.24) is 9.78 Å². The fourth-order valence-electron chi connectivity index (χ4n) is 4.23. The number of esters is 2. The molecule has 8 heteroatoms. The molecule has 0 fully saturated rings. The molecule has 0 saturated carbocycles. The molecule has 0 radical (unpaired) electrons. The van der Waals surface area contributed by atoms with E-state index in [1.165, 1.54) is 13.2 Å². The van der Waals surface area contributed by atoms with E-state index >= 15 is 0 Å². The van der Waals surface area contributed by atoms with Crippen molar-refractivity contribution in [3.8, 4) is 5.69 Å². The van der Waals surface area contributed by atoms with Crippen LogP contribution in [0.5, 0.6) is 0 Å². The Morgan fingerprint density at radius 2 is 1.75 bits per heavy atom. The van der Waals surface area contributed by atoms with Gasteiger partial charge in [0.05, 0.1) is 24.1 Å². The van der Waals surface area contributed by atoms with Crippen LogP contribution in [0.1, 0.15) is 50.4 Å². The standard InChI is InChI=1S/C28H28N2O6/c1-16-6-11-24-21(14-26(32)36-27(24)17(16)2)15-35-28(33)20-7-9-22(10-8-20)30-19(4)23(18(3)29-30)12-13-25(31)34-5/h6-11,14H,12-13,15H2,1-5H3. The van der Waals surface area contributed by atoms with Crippen molar-refractivity contribution in [1.29, 1.82) is 0 Å². The number of fused-ring (bicyclic) bond motifs is 1. The maximum absolute atomic E-state index is 12.7. The molecule has 4 aromatic rings. The summed E-state index contributed by atoms with van der Waals surface area (Å²) < 4.78 is 17.4. The van der Waals surface area contributed by atoms with E-state index in [0.29, 0.717) is 23.1 Å². The summed E-state index contributed by atoms with van der Waals surface area (Å²) in [5.41, 5.74) is 6.43. The van der Waals surface area contributed by atoms with Gasteiger partial charge in [-0.05, 0) is 75.1 Å². The van der Waals surface area contributed by atoms with Gasteiger partial charge < -0.3 is 13.9 Å². The highest BCUT2D eigenvalue weighted by atomic mass is 16.5. The van der Waals surface area contributed by atoms with Gasteiger partial charge in [0.15, 0.2) is 0 Å². The molecule has 0 aliphatic rings. The summed E-state index contributed by atoms with van der Waals surface area (Å²) in [5, 5.41) is 5.34. The van der Waals surface area contributed by atoms with E-state index in [1.54, 1.807) is 28.9 Å². The van der Waals surface area contributed by atoms with E-state index in [2.05, 4.69) is 5.10 Å². The average Bonchev–Trinajstić information content (AvgIpc) is 3.16. The van der Waals surface area contributed by atoms with Crippen molar-refractivity contribution >= 4 is 22.9 Å². The Morgan fingerprint density at radius 1 is 1.03 bits per heavy atom. The van der Waals surface area contributed by atoms with Crippen LogP contribution in [-0.2, 0) is 27.3 Å². The number of aromatic nitrogens is 2. The zero-order chi connectivity index (χ0) is 26.0. The molecule has 0 spiro atoms. The fourth-order valence-corrected chi connectivity index (χ4v) is 4.23. The first kappa shape index (κ1) is 24.9. The molecule has 0 aliphatic carbocycles. The zero-order valence-electron chi connectivity index (χ0n) is 21.0. The number of rotatable bonds is 7. The maximum atomic E-state index is 12.7. The Bertz CT molecular complexity index is 1510. The normalized spacial score (nSPS) is 11.0. The van der Waals surface area contributed by atoms with Crippen LogP contribution in [0.4, 0.5) is 0 Å². The lowest BCUT2D eigenvalue weighted by molar-refractivity contribution is -0.140. The van der Waals surface area contributed by atoms with Crippen molar-refractivity contribution < 1.29 is 23.5 Å². The van der Waals surface area contributed by atoms with Crippen molar-refractivity contribution in [3.05, 3.63) is 92.1 Å². The van der Waals surface area contributed by atoms with Gasteiger partial charge >= 0.3 is 17.6 Å². The highest BCUT2D eigenvalue weighted by Crippen LogP contribution is 2.24. The molecule has 0 aliphatic heterocycles. The maximum Gasteiger partial charge on any atom is 0.338 e. The molecular weight excluding hydrogens is 460 g/mol. The third kappa shape index (κ3) is 4.93. The van der Waals surface area contributed by atoms with E-state index < -0.39 is 11.6 Å². The van der Waals surface area contributed by atoms with E-state index in [0.717, 1.165) is 39.2 Å². The molecule has 2 heterocycles. The van der Waals surface area contributed by atoms with Crippen LogP contribution in [0.15, 0.2) is 51.7 Å². The molecule has 4 rings (SSSR count). The summed E-state index contributed by atoms with van der Waals surface area (Å²) in [6, 6.07) is 12.1. The lowest BCUT2D eigenvalue weighted by Gasteiger charge is -2.10. The summed E-state index contributed by atoms with van der Waals surface area (Å²) in [5.74, 6) is -0.766. The van der Waals surface area contributed by atoms with Gasteiger partial charge in [0.2, 0.25) is 0 Å². The Labute approximate surface area is 208 Å². The Kier molecular flexibility index (Phi) is 7.05. The van der Waals surface area contributed by atoms with Crippen molar-refractivity contribution in [3.63, 3.8) is 0 Å². The van der Waals surface area contributed by atoms with Gasteiger partial charge in [0.25, 0.3) is 0 Å². The first-order valence-electron chi connectivity index (χ1n) is 11.6. The highest BCUT2D eigenvalue weighted by Gasteiger charge is 2.16. The van der Waals surface area contributed by atoms with Gasteiger partial charge in [-0.2, -0.15) is 5.10 Å². The topological polar surface area (TPSA) is 101 Å². The van der Waals surface area contributed by atoms with Crippen molar-refractivity contribution in [2.45, 2.75) is 47.1 Å². The van der Waals surface area contributed by atoms with Crippen LogP contribution in [0.2, 0.25) is 0 Å². The molecule has 0 amide bonds. The lowest BCUT2D eigenvalue weighted by Crippen LogP contribution is -2.09. The second kappa shape index (κ2) is 10.2. The third-order valence-electron chi connectivity index (χ3n) is 6.47. The minimum Gasteiger partial charge on any atom is -0.469 e. The molecule has 2 aromatic carbocycles. The minimum absolute atomic E-state index is 0.0494. The number of ether oxygens (including phenoxy) is 2. The number of methoxy groups -OCH3 is 1. The molecule has 2 aromatic heterocycles. The molecule has 0 bridgehead atoms. The number of hydrogen-bond acceptors (Lipinski definition) is 7. The zero-order valence-corrected chi connectivity index (χ0v) is 21.0. The van der Waals surface area contributed by atoms with Gasteiger partial charge in [-0.1, -0.05) is 12.1 Å². The van der Waals surface area contributed by atoms with E-state index in [9.17, 15) is 14.4 Å². The van der Waals surface area contributed by atoms with Gasteiger partial charge in [-0.3, -0.25) is 4.79 Å². The second-order valence-corrected chi connectivity index (χ2v) is 8.74. The number of nitrogens with zero attached hydrogens (tertiary/aromatic N) is 2. The molecule has 0 saturated heterocycles. The summed E-state index contributed by atoms with van der Waals surface area (Å²) >= 11 is 0. The third-order valence-corrected chi connectivity index (χ3v) is 6.47. The number of carbonyl (C=O) groups is 2. The van der Waals surface area contributed by atoms with Gasteiger partial charge in [-0.15, -0.1) is 0 Å². The summed E-state index contributed by atoms with van der Waals surface area (Å²) in [6.45, 7) is 7.63. The van der Waals surface area contributed by atoms with Crippen LogP contribution >= 0.6 is 0 Å². The molecular formula is C28H28N2O6. The molecule has 0 atom stereocenters. The monoisotopic (exact) mass is 488 g/mol. The lowest BCUT2D eigenvalue weighted by atomic mass is 10.0. The van der Waals surface area contributed by atoms with Crippen molar-refractivity contribution in [2.24, 2.45) is 0 Å². The summed E-state index contributed by atoms with van der Waals surface area (Å²) in [4.78, 5) is 36.3. The Hall–Kier alpha value is -4.20. The highest BCUT2D eigenvalue weighted by molar-refractivity contribution is 5.90. The molecule has 8 nitrogen and oxygen atoms in total. The summed E-state index contributed by atoms with van der Waals surface area (Å²) in [6.07, 6.45) is 0.826. The minimum atomic E-state index is -0.501. The largest absolute Gasteiger partial charge is 0.469 e. The van der Waals surface area contributed by atoms with E-state index in [1.807, 2.05) is 39.8 Å². The van der Waals surface area contributed by atoms with E-state index in [-0.39, 0.29) is 19.0 Å².